The number of likely N-dealkylation sites (N-methyl/N-ethyl adjacent to an activating group) is 1. The number of ether oxygens (including phenoxy) is 2. The SMILES string of the molecule is CCCCC/C=C\C/C=C\C/C=C\CCCCCCCCC(=O)OC(COCCCCCCCCCC/C=C\C/C=C\CCCCC)COP(=O)(O)OCC[N+](C)(C)C. The first-order valence-corrected chi connectivity index (χ1v) is 25.5. The average Bonchev–Trinajstić information content (AvgIpc) is 3.19. The summed E-state index contributed by atoms with van der Waals surface area (Å²) < 4.78 is 35.1. The van der Waals surface area contributed by atoms with E-state index in [4.69, 9.17) is 18.5 Å². The van der Waals surface area contributed by atoms with E-state index >= 15 is 0 Å². The summed E-state index contributed by atoms with van der Waals surface area (Å²) in [5, 5.41) is 0. The lowest BCUT2D eigenvalue weighted by molar-refractivity contribution is -0.870. The number of phosphoric acid groups is 1. The van der Waals surface area contributed by atoms with E-state index in [1.54, 1.807) is 0 Å². The fourth-order valence-corrected chi connectivity index (χ4v) is 7.04. The van der Waals surface area contributed by atoms with Gasteiger partial charge >= 0.3 is 13.8 Å². The van der Waals surface area contributed by atoms with Crippen LogP contribution in [0.15, 0.2) is 60.8 Å². The zero-order valence-electron chi connectivity index (χ0n) is 39.0. The molecule has 0 saturated carbocycles. The molecule has 0 aromatic heterocycles. The fourth-order valence-electron chi connectivity index (χ4n) is 6.29. The summed E-state index contributed by atoms with van der Waals surface area (Å²) in [6.07, 6.45) is 53.9. The number of rotatable bonds is 44. The maximum atomic E-state index is 12.7. The number of hydrogen-bond acceptors (Lipinski definition) is 6. The summed E-state index contributed by atoms with van der Waals surface area (Å²) in [6.45, 7) is 5.54. The van der Waals surface area contributed by atoms with Crippen molar-refractivity contribution in [3.05, 3.63) is 60.8 Å². The van der Waals surface area contributed by atoms with Crippen molar-refractivity contribution in [3.8, 4) is 0 Å². The summed E-state index contributed by atoms with van der Waals surface area (Å²) in [5.41, 5.74) is 0. The first-order chi connectivity index (χ1) is 28.6. The predicted octanol–water partition coefficient (Wildman–Crippen LogP) is 14.5. The molecule has 0 aliphatic carbocycles. The van der Waals surface area contributed by atoms with E-state index in [1.165, 1.54) is 109 Å². The molecule has 0 saturated heterocycles. The van der Waals surface area contributed by atoms with Gasteiger partial charge in [-0.25, -0.2) is 4.57 Å². The van der Waals surface area contributed by atoms with E-state index in [0.29, 0.717) is 24.1 Å². The maximum Gasteiger partial charge on any atom is 0.472 e. The highest BCUT2D eigenvalue weighted by molar-refractivity contribution is 7.47. The second-order valence-electron chi connectivity index (χ2n) is 17.1. The van der Waals surface area contributed by atoms with Crippen molar-refractivity contribution in [1.29, 1.82) is 0 Å². The van der Waals surface area contributed by atoms with Gasteiger partial charge in [-0.2, -0.15) is 0 Å². The molecule has 0 bridgehead atoms. The van der Waals surface area contributed by atoms with Crippen molar-refractivity contribution >= 4 is 13.8 Å². The molecule has 344 valence electrons. The Labute approximate surface area is 364 Å². The third-order valence-electron chi connectivity index (χ3n) is 10.1. The van der Waals surface area contributed by atoms with Crippen LogP contribution in [0.4, 0.5) is 0 Å². The number of nitrogens with zero attached hydrogens (tertiary/aromatic N) is 1. The number of quaternary nitrogens is 1. The minimum Gasteiger partial charge on any atom is -0.457 e. The number of carbonyl (C=O) groups is 1. The van der Waals surface area contributed by atoms with Gasteiger partial charge in [-0.15, -0.1) is 0 Å². The number of esters is 1. The van der Waals surface area contributed by atoms with Gasteiger partial charge in [0.25, 0.3) is 0 Å². The number of hydrogen-bond donors (Lipinski definition) is 1. The Morgan fingerprint density at radius 1 is 0.525 bits per heavy atom. The minimum absolute atomic E-state index is 0.0822. The smallest absolute Gasteiger partial charge is 0.457 e. The van der Waals surface area contributed by atoms with Crippen molar-refractivity contribution in [3.63, 3.8) is 0 Å². The van der Waals surface area contributed by atoms with Gasteiger partial charge in [-0.05, 0) is 83.5 Å². The molecule has 2 atom stereocenters. The molecule has 0 rings (SSSR count). The van der Waals surface area contributed by atoms with E-state index in [0.717, 1.165) is 64.2 Å². The van der Waals surface area contributed by atoms with Crippen LogP contribution in [0.5, 0.6) is 0 Å². The van der Waals surface area contributed by atoms with Crippen LogP contribution >= 0.6 is 7.82 Å². The normalized spacial score (nSPS) is 14.2. The van der Waals surface area contributed by atoms with Crippen molar-refractivity contribution in [2.24, 2.45) is 0 Å². The molecule has 2 unspecified atom stereocenters. The maximum absolute atomic E-state index is 12.7. The summed E-state index contributed by atoms with van der Waals surface area (Å²) in [7, 11) is 1.65. The van der Waals surface area contributed by atoms with Crippen molar-refractivity contribution < 1.29 is 37.3 Å². The Kier molecular flexibility index (Phi) is 41.6. The number of phosphoric ester groups is 1. The van der Waals surface area contributed by atoms with Gasteiger partial charge in [0.1, 0.15) is 19.3 Å². The third kappa shape index (κ3) is 47.1. The molecule has 9 heteroatoms. The summed E-state index contributed by atoms with van der Waals surface area (Å²) in [6, 6.07) is 0. The van der Waals surface area contributed by atoms with E-state index in [2.05, 4.69) is 74.6 Å². The molecule has 0 spiro atoms. The molecular weight excluding hydrogens is 758 g/mol. The molecule has 1 N–H and O–H groups in total. The van der Waals surface area contributed by atoms with Crippen LogP contribution in [0.25, 0.3) is 0 Å². The molecule has 0 aromatic rings. The first kappa shape index (κ1) is 57.2. The Morgan fingerprint density at radius 3 is 1.39 bits per heavy atom. The first-order valence-electron chi connectivity index (χ1n) is 24.0. The van der Waals surface area contributed by atoms with Gasteiger partial charge in [0.2, 0.25) is 0 Å². The molecular formula is C50H93NO7P+. The van der Waals surface area contributed by atoms with Crippen LogP contribution < -0.4 is 0 Å². The molecule has 0 aliphatic heterocycles. The van der Waals surface area contributed by atoms with Crippen molar-refractivity contribution in [2.45, 2.75) is 200 Å². The van der Waals surface area contributed by atoms with Crippen LogP contribution in [-0.4, -0.2) is 75.6 Å². The standard InChI is InChI=1S/C50H92NO7P/c1-6-8-10-12-14-16-18-20-22-24-26-27-29-31-33-35-37-39-41-43-50(52)58-49(48-57-59(53,54)56-46-44-51(3,4)5)47-55-45-42-40-38-36-34-32-30-28-25-23-21-19-17-15-13-11-9-7-2/h14-17,20-23,26-27,49H,6-13,18-19,24-25,28-48H2,1-5H3/p+1/b16-14-,17-15-,22-20-,23-21-,27-26-. The molecule has 0 radical (unpaired) electrons. The molecule has 0 fully saturated rings. The summed E-state index contributed by atoms with van der Waals surface area (Å²) >= 11 is 0. The monoisotopic (exact) mass is 851 g/mol. The van der Waals surface area contributed by atoms with Crippen LogP contribution in [0.2, 0.25) is 0 Å². The van der Waals surface area contributed by atoms with Crippen molar-refractivity contribution in [2.75, 3.05) is 54.1 Å². The van der Waals surface area contributed by atoms with E-state index in [-0.39, 0.29) is 25.8 Å². The van der Waals surface area contributed by atoms with Crippen LogP contribution in [0, 0.1) is 0 Å². The Hall–Kier alpha value is -1.80. The lowest BCUT2D eigenvalue weighted by Gasteiger charge is -2.24. The van der Waals surface area contributed by atoms with Gasteiger partial charge in [-0.3, -0.25) is 13.8 Å². The topological polar surface area (TPSA) is 91.3 Å². The highest BCUT2D eigenvalue weighted by Crippen LogP contribution is 2.43. The Balaban J connectivity index is 4.24. The highest BCUT2D eigenvalue weighted by Gasteiger charge is 2.26. The van der Waals surface area contributed by atoms with E-state index in [1.807, 2.05) is 21.1 Å². The van der Waals surface area contributed by atoms with E-state index < -0.39 is 13.9 Å². The van der Waals surface area contributed by atoms with Gasteiger partial charge in [0.15, 0.2) is 0 Å². The molecule has 59 heavy (non-hydrogen) atoms. The summed E-state index contributed by atoms with van der Waals surface area (Å²) in [5.74, 6) is -0.329. The third-order valence-corrected chi connectivity index (χ3v) is 11.0. The van der Waals surface area contributed by atoms with Crippen LogP contribution in [-0.2, 0) is 27.9 Å². The lowest BCUT2D eigenvalue weighted by Crippen LogP contribution is -2.37. The average molecular weight is 851 g/mol. The second-order valence-corrected chi connectivity index (χ2v) is 18.6. The number of carbonyl (C=O) groups excluding carboxylic acids is 1. The number of unbranched alkanes of at least 4 members (excludes halogenated alkanes) is 20. The summed E-state index contributed by atoms with van der Waals surface area (Å²) in [4.78, 5) is 23.0. The quantitative estimate of drug-likeness (QED) is 0.0215. The largest absolute Gasteiger partial charge is 0.472 e. The van der Waals surface area contributed by atoms with Crippen molar-refractivity contribution in [1.82, 2.24) is 0 Å². The molecule has 8 nitrogen and oxygen atoms in total. The number of allylic oxidation sites excluding steroid dienone is 10. The van der Waals surface area contributed by atoms with Gasteiger partial charge < -0.3 is 18.9 Å². The van der Waals surface area contributed by atoms with Crippen LogP contribution in [0.3, 0.4) is 0 Å². The molecule has 0 amide bonds. The van der Waals surface area contributed by atoms with Gasteiger partial charge in [-0.1, -0.05) is 164 Å². The molecule has 0 aliphatic rings. The fraction of sp³-hybridized carbons (Fsp3) is 0.780. The van der Waals surface area contributed by atoms with E-state index in [9.17, 15) is 14.3 Å². The minimum atomic E-state index is -4.29. The second kappa shape index (κ2) is 42.9. The Bertz CT molecular complexity index is 1130. The molecule has 0 heterocycles. The van der Waals surface area contributed by atoms with Gasteiger partial charge in [0.05, 0.1) is 34.4 Å². The predicted molar refractivity (Wildman–Crippen MR) is 252 cm³/mol. The Morgan fingerprint density at radius 2 is 0.932 bits per heavy atom. The van der Waals surface area contributed by atoms with Crippen LogP contribution in [0.1, 0.15) is 194 Å². The highest BCUT2D eigenvalue weighted by atomic mass is 31.2. The lowest BCUT2D eigenvalue weighted by atomic mass is 10.1. The van der Waals surface area contributed by atoms with Gasteiger partial charge in [0, 0.05) is 13.0 Å². The molecule has 0 aromatic carbocycles. The zero-order chi connectivity index (χ0) is 43.4. The zero-order valence-corrected chi connectivity index (χ0v) is 39.9.